The number of carboxylic acid groups (broad SMARTS) is 1. The quantitative estimate of drug-likeness (QED) is 0.310. The van der Waals surface area contributed by atoms with Gasteiger partial charge in [-0.3, -0.25) is 14.4 Å². The van der Waals surface area contributed by atoms with Crippen LogP contribution in [0.2, 0.25) is 0 Å². The van der Waals surface area contributed by atoms with Crippen LogP contribution in [0.5, 0.6) is 0 Å². The smallest absolute Gasteiger partial charge is 0.475 e. The first-order valence-corrected chi connectivity index (χ1v) is 17.5. The van der Waals surface area contributed by atoms with E-state index in [-0.39, 0.29) is 24.1 Å². The van der Waals surface area contributed by atoms with E-state index in [1.807, 2.05) is 59.5 Å². The van der Waals surface area contributed by atoms with Crippen LogP contribution in [0.1, 0.15) is 61.6 Å². The van der Waals surface area contributed by atoms with Crippen molar-refractivity contribution < 1.29 is 37.5 Å². The van der Waals surface area contributed by atoms with Gasteiger partial charge in [0.05, 0.1) is 5.41 Å². The van der Waals surface area contributed by atoms with E-state index >= 15 is 0 Å². The summed E-state index contributed by atoms with van der Waals surface area (Å²) in [6.45, 7) is 3.07. The third-order valence-corrected chi connectivity index (χ3v) is 10.3. The second-order valence-electron chi connectivity index (χ2n) is 13.4. The van der Waals surface area contributed by atoms with Crippen molar-refractivity contribution in [3.05, 3.63) is 108 Å². The van der Waals surface area contributed by atoms with Crippen LogP contribution in [0.3, 0.4) is 0 Å². The van der Waals surface area contributed by atoms with Gasteiger partial charge in [-0.1, -0.05) is 91.0 Å². The molecule has 1 unspecified atom stereocenters. The van der Waals surface area contributed by atoms with Crippen LogP contribution in [0.15, 0.2) is 91.0 Å². The molecule has 3 aliphatic heterocycles. The molecule has 3 amide bonds. The lowest BCUT2D eigenvalue weighted by Crippen LogP contribution is -2.55. The largest absolute Gasteiger partial charge is 0.490 e. The van der Waals surface area contributed by atoms with Crippen molar-refractivity contribution >= 4 is 23.7 Å². The van der Waals surface area contributed by atoms with E-state index in [4.69, 9.17) is 15.6 Å². The van der Waals surface area contributed by atoms with E-state index in [0.717, 1.165) is 48.9 Å². The zero-order valence-electron chi connectivity index (χ0n) is 28.5. The molecule has 0 aliphatic carbocycles. The summed E-state index contributed by atoms with van der Waals surface area (Å²) in [5.41, 5.74) is 8.32. The SMILES string of the molecule is NCC1CCCN(C(=O)[C@H]2CCCN2C(=O)[C@@H]2CCCN2C(=O)CC(c2ccccc2)(c2ccccc2)c2ccccc2)C1.O=C(O)C(F)(F)F. The van der Waals surface area contributed by atoms with E-state index in [1.165, 1.54) is 0 Å². The van der Waals surface area contributed by atoms with Crippen LogP contribution in [0.25, 0.3) is 0 Å². The first-order chi connectivity index (χ1) is 24.5. The molecule has 51 heavy (non-hydrogen) atoms. The number of rotatable bonds is 8. The number of hydrogen-bond acceptors (Lipinski definition) is 5. The Balaban J connectivity index is 0.000000654. The average molecular weight is 707 g/mol. The number of alkyl halides is 3. The van der Waals surface area contributed by atoms with Crippen LogP contribution in [-0.4, -0.2) is 94.5 Å². The minimum atomic E-state index is -5.08. The molecule has 0 saturated carbocycles. The molecule has 6 rings (SSSR count). The van der Waals surface area contributed by atoms with Crippen LogP contribution in [0, 0.1) is 5.92 Å². The Morgan fingerprint density at radius 3 is 1.55 bits per heavy atom. The zero-order valence-corrected chi connectivity index (χ0v) is 28.5. The Morgan fingerprint density at radius 1 is 0.667 bits per heavy atom. The molecule has 3 aromatic rings. The van der Waals surface area contributed by atoms with E-state index in [0.29, 0.717) is 44.9 Å². The van der Waals surface area contributed by atoms with E-state index in [9.17, 15) is 27.6 Å². The minimum Gasteiger partial charge on any atom is -0.475 e. The fraction of sp³-hybridized carbons (Fsp3) is 0.436. The summed E-state index contributed by atoms with van der Waals surface area (Å²) in [5.74, 6) is -2.51. The summed E-state index contributed by atoms with van der Waals surface area (Å²) >= 11 is 0. The normalized spacial score (nSPS) is 20.8. The highest BCUT2D eigenvalue weighted by Gasteiger charge is 2.46. The van der Waals surface area contributed by atoms with Crippen molar-refractivity contribution in [1.29, 1.82) is 0 Å². The van der Waals surface area contributed by atoms with Gasteiger partial charge < -0.3 is 25.5 Å². The van der Waals surface area contributed by atoms with Gasteiger partial charge >= 0.3 is 12.1 Å². The Labute approximate surface area is 296 Å². The number of nitrogens with two attached hydrogens (primary N) is 1. The molecular formula is C39H45F3N4O5. The number of benzene rings is 3. The number of carboxylic acids is 1. The third-order valence-electron chi connectivity index (χ3n) is 10.3. The first kappa shape index (κ1) is 37.5. The topological polar surface area (TPSA) is 124 Å². The summed E-state index contributed by atoms with van der Waals surface area (Å²) in [6.07, 6.45) is -0.0199. The lowest BCUT2D eigenvalue weighted by atomic mass is 9.67. The lowest BCUT2D eigenvalue weighted by Gasteiger charge is -2.39. The van der Waals surface area contributed by atoms with Gasteiger partial charge in [0.1, 0.15) is 12.1 Å². The summed E-state index contributed by atoms with van der Waals surface area (Å²) in [7, 11) is 0. The number of carbonyl (C=O) groups is 4. The molecule has 3 aliphatic rings. The molecular weight excluding hydrogens is 661 g/mol. The van der Waals surface area contributed by atoms with Gasteiger partial charge in [0.15, 0.2) is 0 Å². The third kappa shape index (κ3) is 8.44. The Bertz CT molecular complexity index is 1540. The highest BCUT2D eigenvalue weighted by molar-refractivity contribution is 5.93. The Morgan fingerprint density at radius 2 is 1.10 bits per heavy atom. The number of piperidine rings is 1. The van der Waals surface area contributed by atoms with Crippen LogP contribution in [0.4, 0.5) is 13.2 Å². The first-order valence-electron chi connectivity index (χ1n) is 17.5. The fourth-order valence-electron chi connectivity index (χ4n) is 7.77. The molecule has 0 aromatic heterocycles. The van der Waals surface area contributed by atoms with Crippen LogP contribution >= 0.6 is 0 Å². The van der Waals surface area contributed by atoms with Gasteiger partial charge in [-0.15, -0.1) is 0 Å². The molecule has 0 bridgehead atoms. The maximum absolute atomic E-state index is 14.5. The molecule has 3 heterocycles. The van der Waals surface area contributed by atoms with Gasteiger partial charge in [-0.25, -0.2) is 4.79 Å². The lowest BCUT2D eigenvalue weighted by molar-refractivity contribution is -0.192. The van der Waals surface area contributed by atoms with Crippen molar-refractivity contribution in [2.75, 3.05) is 32.7 Å². The molecule has 9 nitrogen and oxygen atoms in total. The molecule has 12 heteroatoms. The predicted octanol–water partition coefficient (Wildman–Crippen LogP) is 5.22. The van der Waals surface area contributed by atoms with Gasteiger partial charge in [-0.2, -0.15) is 13.2 Å². The second-order valence-corrected chi connectivity index (χ2v) is 13.4. The van der Waals surface area contributed by atoms with Crippen LogP contribution in [-0.2, 0) is 24.6 Å². The number of halogens is 3. The summed E-state index contributed by atoms with van der Waals surface area (Å²) in [5, 5.41) is 7.12. The maximum Gasteiger partial charge on any atom is 0.490 e. The maximum atomic E-state index is 14.5. The van der Waals surface area contributed by atoms with Crippen molar-refractivity contribution in [3.63, 3.8) is 0 Å². The summed E-state index contributed by atoms with van der Waals surface area (Å²) in [4.78, 5) is 56.8. The molecule has 3 atom stereocenters. The van der Waals surface area contributed by atoms with Gasteiger partial charge in [0, 0.05) is 32.6 Å². The van der Waals surface area contributed by atoms with Crippen molar-refractivity contribution in [2.24, 2.45) is 11.7 Å². The molecule has 3 fully saturated rings. The number of hydrogen-bond donors (Lipinski definition) is 2. The number of nitrogens with zero attached hydrogens (tertiary/aromatic N) is 3. The highest BCUT2D eigenvalue weighted by atomic mass is 19.4. The number of likely N-dealkylation sites (tertiary alicyclic amines) is 3. The number of aliphatic carboxylic acids is 1. The molecule has 3 N–H and O–H groups in total. The Kier molecular flexibility index (Phi) is 12.2. The van der Waals surface area contributed by atoms with Crippen molar-refractivity contribution in [3.8, 4) is 0 Å². The second kappa shape index (κ2) is 16.5. The molecule has 3 aromatic carbocycles. The van der Waals surface area contributed by atoms with Crippen molar-refractivity contribution in [2.45, 2.75) is 68.6 Å². The summed E-state index contributed by atoms with van der Waals surface area (Å²) < 4.78 is 31.7. The molecule has 0 radical (unpaired) electrons. The predicted molar refractivity (Wildman–Crippen MR) is 185 cm³/mol. The molecule has 3 saturated heterocycles. The number of amides is 3. The highest BCUT2D eigenvalue weighted by Crippen LogP contribution is 2.43. The number of carbonyl (C=O) groups excluding carboxylic acids is 3. The fourth-order valence-corrected chi connectivity index (χ4v) is 7.77. The molecule has 272 valence electrons. The average Bonchev–Trinajstić information content (AvgIpc) is 3.85. The van der Waals surface area contributed by atoms with E-state index < -0.39 is 29.6 Å². The Hall–Kier alpha value is -4.71. The zero-order chi connectivity index (χ0) is 36.6. The molecule has 0 spiro atoms. The van der Waals surface area contributed by atoms with Gasteiger partial charge in [-0.05, 0) is 67.7 Å². The monoisotopic (exact) mass is 706 g/mol. The minimum absolute atomic E-state index is 0.0405. The van der Waals surface area contributed by atoms with Gasteiger partial charge in [0.2, 0.25) is 17.7 Å². The van der Waals surface area contributed by atoms with Crippen LogP contribution < -0.4 is 5.73 Å². The van der Waals surface area contributed by atoms with E-state index in [1.54, 1.807) is 9.80 Å². The van der Waals surface area contributed by atoms with Gasteiger partial charge in [0.25, 0.3) is 0 Å². The van der Waals surface area contributed by atoms with E-state index in [2.05, 4.69) is 36.4 Å². The standard InChI is InChI=1S/C37H44N4O3.C2HF3O2/c38-26-28-13-10-22-39(27-28)35(43)32-20-12-24-41(32)36(44)33-21-11-23-40(33)34(42)25-37(29-14-4-1-5-15-29,30-16-6-2-7-17-30)31-18-8-3-9-19-31;3-2(4,5)1(6)7/h1-9,14-19,28,32-33H,10-13,20-27,38H2;(H,6,7)/t28?,32-,33+;/m1./s1. The van der Waals surface area contributed by atoms with Crippen molar-refractivity contribution in [1.82, 2.24) is 14.7 Å². The summed E-state index contributed by atoms with van der Waals surface area (Å²) in [6, 6.07) is 29.7.